The van der Waals surface area contributed by atoms with E-state index in [1.165, 1.54) is 18.7 Å². The number of fused-ring (bicyclic) bond motifs is 1. The molecule has 0 saturated heterocycles. The minimum atomic E-state index is -0.499. The third-order valence-corrected chi connectivity index (χ3v) is 4.75. The topological polar surface area (TPSA) is 85.2 Å². The monoisotopic (exact) mass is 397 g/mol. The highest BCUT2D eigenvalue weighted by Gasteiger charge is 2.14. The number of nitrogens with zero attached hydrogens (tertiary/aromatic N) is 3. The van der Waals surface area contributed by atoms with Gasteiger partial charge in [-0.05, 0) is 71.8 Å². The van der Waals surface area contributed by atoms with Gasteiger partial charge in [0.05, 0.1) is 18.0 Å². The van der Waals surface area contributed by atoms with E-state index in [9.17, 15) is 9.90 Å². The molecule has 2 aromatic heterocycles. The number of carbonyl (C=O) groups excluding carboxylic acids is 1. The number of phenols is 1. The lowest BCUT2D eigenvalue weighted by atomic mass is 10.00. The minimum Gasteiger partial charge on any atom is -0.507 e. The average molecular weight is 397 g/mol. The second kappa shape index (κ2) is 8.13. The molecule has 6 heteroatoms. The number of carbonyl (C=O) groups is 1. The lowest BCUT2D eigenvalue weighted by molar-refractivity contribution is 0.0733. The van der Waals surface area contributed by atoms with Gasteiger partial charge in [-0.1, -0.05) is 12.2 Å². The molecular weight excluding hydrogens is 378 g/mol. The van der Waals surface area contributed by atoms with Crippen LogP contribution in [0.2, 0.25) is 0 Å². The van der Waals surface area contributed by atoms with Gasteiger partial charge in [-0.25, -0.2) is 14.8 Å². The molecule has 0 aliphatic heterocycles. The quantitative estimate of drug-likeness (QED) is 0.396. The number of rotatable bonds is 4. The third-order valence-electron chi connectivity index (χ3n) is 4.75. The number of aromatic hydroxyl groups is 1. The van der Waals surface area contributed by atoms with Gasteiger partial charge in [-0.15, -0.1) is 0 Å². The van der Waals surface area contributed by atoms with E-state index in [1.54, 1.807) is 18.5 Å². The Balaban J connectivity index is 1.75. The van der Waals surface area contributed by atoms with Crippen molar-refractivity contribution in [3.05, 3.63) is 89.3 Å². The van der Waals surface area contributed by atoms with E-state index < -0.39 is 5.97 Å². The molecule has 0 aliphatic rings. The van der Waals surface area contributed by atoms with Gasteiger partial charge < -0.3 is 9.84 Å². The molecule has 0 atom stereocenters. The number of esters is 1. The third kappa shape index (κ3) is 4.03. The molecule has 0 fully saturated rings. The number of aryl methyl sites for hydroxylation is 2. The van der Waals surface area contributed by atoms with E-state index in [0.717, 1.165) is 27.5 Å². The highest BCUT2D eigenvalue weighted by atomic mass is 16.5. The number of hydrogen-bond donors (Lipinski definition) is 1. The summed E-state index contributed by atoms with van der Waals surface area (Å²) >= 11 is 0. The molecule has 0 spiro atoms. The fourth-order valence-electron chi connectivity index (χ4n) is 3.24. The molecular formula is C24H19N3O3. The maximum atomic E-state index is 12.9. The Labute approximate surface area is 173 Å². The Bertz CT molecular complexity index is 1240. The van der Waals surface area contributed by atoms with Gasteiger partial charge in [0.25, 0.3) is 0 Å². The highest BCUT2D eigenvalue weighted by molar-refractivity contribution is 6.01. The lowest BCUT2D eigenvalue weighted by Gasteiger charge is -2.09. The zero-order chi connectivity index (χ0) is 21.1. The standard InChI is InChI=1S/C24H19N3O3/c1-15-7-17(8-16(2)23(15)28)3-4-19-9-20-11-25-6-5-18(20)10-22(19)24(29)30-21-12-26-14-27-13-21/h3-14,28H,1-2H3/b4-3+. The van der Waals surface area contributed by atoms with Crippen LogP contribution in [0.15, 0.2) is 61.4 Å². The number of hydrogen-bond acceptors (Lipinski definition) is 6. The van der Waals surface area contributed by atoms with Crippen molar-refractivity contribution in [3.63, 3.8) is 0 Å². The van der Waals surface area contributed by atoms with Crippen LogP contribution >= 0.6 is 0 Å². The van der Waals surface area contributed by atoms with Gasteiger partial charge in [-0.2, -0.15) is 0 Å². The Kier molecular flexibility index (Phi) is 5.22. The first-order chi connectivity index (χ1) is 14.5. The van der Waals surface area contributed by atoms with Crippen molar-refractivity contribution in [1.29, 1.82) is 0 Å². The van der Waals surface area contributed by atoms with E-state index in [-0.39, 0.29) is 5.75 Å². The number of benzene rings is 2. The maximum Gasteiger partial charge on any atom is 0.344 e. The summed E-state index contributed by atoms with van der Waals surface area (Å²) in [5, 5.41) is 11.8. The molecule has 0 saturated carbocycles. The van der Waals surface area contributed by atoms with Crippen molar-refractivity contribution in [2.75, 3.05) is 0 Å². The van der Waals surface area contributed by atoms with Crippen LogP contribution in [-0.2, 0) is 0 Å². The maximum absolute atomic E-state index is 12.9. The van der Waals surface area contributed by atoms with Gasteiger partial charge in [0.1, 0.15) is 12.1 Å². The fourth-order valence-corrected chi connectivity index (χ4v) is 3.24. The Morgan fingerprint density at radius 1 is 0.933 bits per heavy atom. The van der Waals surface area contributed by atoms with E-state index in [1.807, 2.05) is 50.3 Å². The minimum absolute atomic E-state index is 0.275. The number of pyridine rings is 1. The summed E-state index contributed by atoms with van der Waals surface area (Å²) in [4.78, 5) is 24.8. The molecule has 2 heterocycles. The van der Waals surface area contributed by atoms with Crippen LogP contribution in [0.25, 0.3) is 22.9 Å². The van der Waals surface area contributed by atoms with Crippen molar-refractivity contribution < 1.29 is 14.6 Å². The van der Waals surface area contributed by atoms with Crippen LogP contribution in [0.4, 0.5) is 0 Å². The van der Waals surface area contributed by atoms with Crippen molar-refractivity contribution in [2.45, 2.75) is 13.8 Å². The summed E-state index contributed by atoms with van der Waals surface area (Å²) in [6, 6.07) is 9.31. The molecule has 30 heavy (non-hydrogen) atoms. The average Bonchev–Trinajstić information content (AvgIpc) is 2.76. The predicted octanol–water partition coefficient (Wildman–Crippen LogP) is 4.74. The van der Waals surface area contributed by atoms with Crippen molar-refractivity contribution in [2.24, 2.45) is 0 Å². The summed E-state index contributed by atoms with van der Waals surface area (Å²) in [7, 11) is 0. The van der Waals surface area contributed by atoms with Crippen LogP contribution in [0.5, 0.6) is 11.5 Å². The SMILES string of the molecule is Cc1cc(/C=C/c2cc3cnccc3cc2C(=O)Oc2cncnc2)cc(C)c1O. The first kappa shape index (κ1) is 19.3. The number of ether oxygens (including phenoxy) is 1. The molecule has 0 radical (unpaired) electrons. The van der Waals surface area contributed by atoms with Crippen LogP contribution in [0, 0.1) is 13.8 Å². The van der Waals surface area contributed by atoms with Crippen LogP contribution in [0.3, 0.4) is 0 Å². The van der Waals surface area contributed by atoms with Crippen molar-refractivity contribution in [1.82, 2.24) is 15.0 Å². The number of aromatic nitrogens is 3. The first-order valence-corrected chi connectivity index (χ1v) is 9.34. The summed E-state index contributed by atoms with van der Waals surface area (Å²) in [6.07, 6.45) is 11.4. The molecule has 0 amide bonds. The molecule has 0 aliphatic carbocycles. The normalized spacial score (nSPS) is 11.1. The van der Waals surface area contributed by atoms with Gasteiger partial charge in [0, 0.05) is 17.8 Å². The van der Waals surface area contributed by atoms with E-state index in [0.29, 0.717) is 16.9 Å². The predicted molar refractivity (Wildman–Crippen MR) is 115 cm³/mol. The van der Waals surface area contributed by atoms with Crippen LogP contribution < -0.4 is 4.74 Å². The van der Waals surface area contributed by atoms with E-state index in [2.05, 4.69) is 15.0 Å². The molecule has 1 N–H and O–H groups in total. The second-order valence-corrected chi connectivity index (χ2v) is 6.96. The molecule has 4 aromatic rings. The van der Waals surface area contributed by atoms with Gasteiger partial charge in [0.2, 0.25) is 0 Å². The summed E-state index contributed by atoms with van der Waals surface area (Å²) in [6.45, 7) is 3.71. The zero-order valence-electron chi connectivity index (χ0n) is 16.5. The largest absolute Gasteiger partial charge is 0.507 e. The van der Waals surface area contributed by atoms with Gasteiger partial charge in [0.15, 0.2) is 5.75 Å². The highest BCUT2D eigenvalue weighted by Crippen LogP contribution is 2.26. The van der Waals surface area contributed by atoms with Crippen LogP contribution in [0.1, 0.15) is 32.6 Å². The molecule has 2 aromatic carbocycles. The molecule has 4 rings (SSSR count). The summed E-state index contributed by atoms with van der Waals surface area (Å²) in [5.41, 5.74) is 3.62. The summed E-state index contributed by atoms with van der Waals surface area (Å²) < 4.78 is 5.45. The molecule has 148 valence electrons. The Morgan fingerprint density at radius 3 is 2.40 bits per heavy atom. The lowest BCUT2D eigenvalue weighted by Crippen LogP contribution is -2.10. The summed E-state index contributed by atoms with van der Waals surface area (Å²) in [5.74, 6) is 0.0662. The van der Waals surface area contributed by atoms with Gasteiger partial charge in [-0.3, -0.25) is 4.98 Å². The van der Waals surface area contributed by atoms with Gasteiger partial charge >= 0.3 is 5.97 Å². The Morgan fingerprint density at radius 2 is 1.67 bits per heavy atom. The Hall–Kier alpha value is -4.06. The fraction of sp³-hybridized carbons (Fsp3) is 0.0833. The van der Waals surface area contributed by atoms with E-state index in [4.69, 9.17) is 4.74 Å². The zero-order valence-corrected chi connectivity index (χ0v) is 16.5. The van der Waals surface area contributed by atoms with E-state index >= 15 is 0 Å². The molecule has 0 bridgehead atoms. The number of phenolic OH excluding ortho intramolecular Hbond substituents is 1. The first-order valence-electron chi connectivity index (χ1n) is 9.34. The molecule has 6 nitrogen and oxygen atoms in total. The molecule has 0 unspecified atom stereocenters. The van der Waals surface area contributed by atoms with Crippen LogP contribution in [-0.4, -0.2) is 26.0 Å². The van der Waals surface area contributed by atoms with Crippen molar-refractivity contribution in [3.8, 4) is 11.5 Å². The van der Waals surface area contributed by atoms with Crippen molar-refractivity contribution >= 4 is 28.9 Å². The smallest absolute Gasteiger partial charge is 0.344 e. The second-order valence-electron chi connectivity index (χ2n) is 6.96.